The molecular formula is C12H16BrF2N. The van der Waals surface area contributed by atoms with Gasteiger partial charge >= 0.3 is 0 Å². The van der Waals surface area contributed by atoms with Gasteiger partial charge in [-0.1, -0.05) is 29.8 Å². The first-order valence-corrected chi connectivity index (χ1v) is 6.01. The predicted octanol–water partition coefficient (Wildman–Crippen LogP) is 3.45. The van der Waals surface area contributed by atoms with Crippen molar-refractivity contribution in [1.29, 1.82) is 0 Å². The molecule has 0 radical (unpaired) electrons. The average Bonchev–Trinajstić information content (AvgIpc) is 2.23. The molecular weight excluding hydrogens is 276 g/mol. The Hall–Kier alpha value is -0.480. The minimum atomic E-state index is -1.55. The van der Waals surface area contributed by atoms with Gasteiger partial charge in [-0.15, -0.1) is 0 Å². The van der Waals surface area contributed by atoms with Crippen molar-refractivity contribution in [3.8, 4) is 0 Å². The summed E-state index contributed by atoms with van der Waals surface area (Å²) in [6.45, 7) is 3.40. The number of hydrogen-bond acceptors (Lipinski definition) is 1. The fourth-order valence-electron chi connectivity index (χ4n) is 1.51. The highest BCUT2D eigenvalue weighted by Gasteiger charge is 2.33. The third-order valence-electron chi connectivity index (χ3n) is 2.87. The summed E-state index contributed by atoms with van der Waals surface area (Å²) in [7, 11) is 0. The maximum atomic E-state index is 14.3. The van der Waals surface area contributed by atoms with Crippen LogP contribution in [0, 0.1) is 11.7 Å². The number of rotatable bonds is 4. The highest BCUT2D eigenvalue weighted by Crippen LogP contribution is 2.28. The van der Waals surface area contributed by atoms with E-state index >= 15 is 0 Å². The average molecular weight is 292 g/mol. The van der Waals surface area contributed by atoms with Crippen molar-refractivity contribution in [3.05, 3.63) is 34.1 Å². The molecule has 0 fully saturated rings. The summed E-state index contributed by atoms with van der Waals surface area (Å²) in [6, 6.07) is 4.52. The lowest BCUT2D eigenvalue weighted by atomic mass is 9.86. The van der Waals surface area contributed by atoms with Crippen molar-refractivity contribution in [1.82, 2.24) is 0 Å². The highest BCUT2D eigenvalue weighted by atomic mass is 79.9. The van der Waals surface area contributed by atoms with Crippen LogP contribution in [0.1, 0.15) is 19.4 Å². The molecule has 1 unspecified atom stereocenters. The Morgan fingerprint density at radius 3 is 2.56 bits per heavy atom. The molecule has 0 aromatic heterocycles. The molecule has 90 valence electrons. The van der Waals surface area contributed by atoms with Gasteiger partial charge in [-0.3, -0.25) is 0 Å². The molecule has 1 nitrogen and oxygen atoms in total. The van der Waals surface area contributed by atoms with Gasteiger partial charge in [0, 0.05) is 17.4 Å². The first-order chi connectivity index (χ1) is 7.39. The van der Waals surface area contributed by atoms with Crippen LogP contribution < -0.4 is 5.73 Å². The van der Waals surface area contributed by atoms with Crippen molar-refractivity contribution in [2.45, 2.75) is 25.9 Å². The van der Waals surface area contributed by atoms with Gasteiger partial charge in [0.05, 0.1) is 0 Å². The van der Waals surface area contributed by atoms with Crippen LogP contribution in [0.5, 0.6) is 0 Å². The van der Waals surface area contributed by atoms with Crippen LogP contribution in [-0.4, -0.2) is 12.2 Å². The quantitative estimate of drug-likeness (QED) is 0.903. The van der Waals surface area contributed by atoms with Crippen LogP contribution in [0.3, 0.4) is 0 Å². The first-order valence-electron chi connectivity index (χ1n) is 5.22. The first kappa shape index (κ1) is 13.6. The van der Waals surface area contributed by atoms with Gasteiger partial charge < -0.3 is 5.73 Å². The molecule has 2 N–H and O–H groups in total. The minimum Gasteiger partial charge on any atom is -0.328 e. The third kappa shape index (κ3) is 3.01. The Morgan fingerprint density at radius 2 is 2.06 bits per heavy atom. The van der Waals surface area contributed by atoms with Gasteiger partial charge in [0.2, 0.25) is 0 Å². The molecule has 0 aliphatic rings. The Morgan fingerprint density at radius 1 is 1.44 bits per heavy atom. The molecule has 1 rings (SSSR count). The van der Waals surface area contributed by atoms with E-state index in [2.05, 4.69) is 15.9 Å². The zero-order valence-corrected chi connectivity index (χ0v) is 11.0. The van der Waals surface area contributed by atoms with E-state index in [1.165, 1.54) is 6.07 Å². The molecule has 0 amide bonds. The predicted molar refractivity (Wildman–Crippen MR) is 65.5 cm³/mol. The van der Waals surface area contributed by atoms with E-state index in [0.29, 0.717) is 5.56 Å². The van der Waals surface area contributed by atoms with Crippen LogP contribution in [0.15, 0.2) is 22.7 Å². The number of nitrogens with two attached hydrogens (primary N) is 1. The molecule has 0 saturated heterocycles. The summed E-state index contributed by atoms with van der Waals surface area (Å²) in [5.74, 6) is -0.629. The van der Waals surface area contributed by atoms with Gasteiger partial charge in [-0.2, -0.15) is 0 Å². The standard InChI is InChI=1S/C12H16BrF2N/c1-8(2)12(15,7-16)6-9-5-10(13)3-4-11(9)14/h3-5,8H,6-7,16H2,1-2H3. The van der Waals surface area contributed by atoms with E-state index < -0.39 is 5.67 Å². The Kier molecular flexibility index (Phi) is 4.44. The Balaban J connectivity index is 2.98. The van der Waals surface area contributed by atoms with Gasteiger partial charge in [0.25, 0.3) is 0 Å². The summed E-state index contributed by atoms with van der Waals surface area (Å²) in [4.78, 5) is 0. The number of hydrogen-bond donors (Lipinski definition) is 1. The summed E-state index contributed by atoms with van der Waals surface area (Å²) in [5, 5.41) is 0. The normalized spacial score (nSPS) is 15.2. The molecule has 1 aromatic rings. The smallest absolute Gasteiger partial charge is 0.129 e. The lowest BCUT2D eigenvalue weighted by Gasteiger charge is -2.28. The second-order valence-corrected chi connectivity index (χ2v) is 5.22. The van der Waals surface area contributed by atoms with E-state index in [1.807, 2.05) is 0 Å². The molecule has 4 heteroatoms. The lowest BCUT2D eigenvalue weighted by molar-refractivity contribution is 0.109. The minimum absolute atomic E-state index is 0.00639. The van der Waals surface area contributed by atoms with Crippen molar-refractivity contribution < 1.29 is 8.78 Å². The van der Waals surface area contributed by atoms with Crippen molar-refractivity contribution >= 4 is 15.9 Å². The number of alkyl halides is 1. The van der Waals surface area contributed by atoms with Crippen molar-refractivity contribution in [2.75, 3.05) is 6.54 Å². The van der Waals surface area contributed by atoms with Crippen LogP contribution in [0.25, 0.3) is 0 Å². The Bertz CT molecular complexity index is 368. The largest absolute Gasteiger partial charge is 0.328 e. The van der Waals surface area contributed by atoms with Gasteiger partial charge in [-0.25, -0.2) is 8.78 Å². The summed E-state index contributed by atoms with van der Waals surface area (Å²) in [6.07, 6.45) is 0.00639. The number of halogens is 3. The fourth-order valence-corrected chi connectivity index (χ4v) is 1.92. The molecule has 1 aromatic carbocycles. The fraction of sp³-hybridized carbons (Fsp3) is 0.500. The summed E-state index contributed by atoms with van der Waals surface area (Å²) in [5.41, 5.74) is 4.24. The molecule has 0 spiro atoms. The Labute approximate surface area is 103 Å². The second-order valence-electron chi connectivity index (χ2n) is 4.31. The monoisotopic (exact) mass is 291 g/mol. The summed E-state index contributed by atoms with van der Waals surface area (Å²) >= 11 is 3.24. The molecule has 16 heavy (non-hydrogen) atoms. The molecule has 0 aliphatic heterocycles. The molecule has 0 aliphatic carbocycles. The third-order valence-corrected chi connectivity index (χ3v) is 3.36. The molecule has 0 saturated carbocycles. The van der Waals surface area contributed by atoms with Crippen LogP contribution in [-0.2, 0) is 6.42 Å². The van der Waals surface area contributed by atoms with Crippen LogP contribution >= 0.6 is 15.9 Å². The lowest BCUT2D eigenvalue weighted by Crippen LogP contribution is -2.40. The zero-order chi connectivity index (χ0) is 12.3. The van der Waals surface area contributed by atoms with E-state index in [9.17, 15) is 8.78 Å². The van der Waals surface area contributed by atoms with Gasteiger partial charge in [0.1, 0.15) is 11.5 Å². The maximum Gasteiger partial charge on any atom is 0.129 e. The highest BCUT2D eigenvalue weighted by molar-refractivity contribution is 9.10. The molecule has 0 bridgehead atoms. The maximum absolute atomic E-state index is 14.3. The molecule has 1 atom stereocenters. The van der Waals surface area contributed by atoms with Crippen LogP contribution in [0.4, 0.5) is 8.78 Å². The van der Waals surface area contributed by atoms with Gasteiger partial charge in [0.15, 0.2) is 0 Å². The topological polar surface area (TPSA) is 26.0 Å². The zero-order valence-electron chi connectivity index (χ0n) is 9.43. The van der Waals surface area contributed by atoms with Gasteiger partial charge in [-0.05, 0) is 29.7 Å². The van der Waals surface area contributed by atoms with E-state index in [4.69, 9.17) is 5.73 Å². The number of benzene rings is 1. The SMILES string of the molecule is CC(C)C(F)(CN)Cc1cc(Br)ccc1F. The van der Waals surface area contributed by atoms with E-state index in [1.54, 1.807) is 26.0 Å². The molecule has 0 heterocycles. The summed E-state index contributed by atoms with van der Waals surface area (Å²) < 4.78 is 28.5. The van der Waals surface area contributed by atoms with Crippen molar-refractivity contribution in [3.63, 3.8) is 0 Å². The van der Waals surface area contributed by atoms with Crippen LogP contribution in [0.2, 0.25) is 0 Å². The van der Waals surface area contributed by atoms with E-state index in [0.717, 1.165) is 4.47 Å². The van der Waals surface area contributed by atoms with Crippen molar-refractivity contribution in [2.24, 2.45) is 11.7 Å². The van der Waals surface area contributed by atoms with E-state index in [-0.39, 0.29) is 24.7 Å². The second kappa shape index (κ2) is 5.23.